The van der Waals surface area contributed by atoms with Crippen molar-refractivity contribution < 1.29 is 9.53 Å². The highest BCUT2D eigenvalue weighted by molar-refractivity contribution is 5.91. The number of aromatic nitrogens is 2. The Bertz CT molecular complexity index is 975. The van der Waals surface area contributed by atoms with Crippen molar-refractivity contribution >= 4 is 17.0 Å². The van der Waals surface area contributed by atoms with Crippen LogP contribution in [0.3, 0.4) is 0 Å². The molecule has 2 aliphatic rings. The monoisotopic (exact) mass is 318 g/mol. The van der Waals surface area contributed by atoms with Gasteiger partial charge in [-0.1, -0.05) is 43.3 Å². The molecule has 24 heavy (non-hydrogen) atoms. The number of carbonyl (C=O) groups is 1. The lowest BCUT2D eigenvalue weighted by atomic mass is 9.73. The van der Waals surface area contributed by atoms with Gasteiger partial charge in [0.25, 0.3) is 0 Å². The summed E-state index contributed by atoms with van der Waals surface area (Å²) in [5.74, 6) is 0.857. The fraction of sp³-hybridized carbons (Fsp3) is 0.300. The van der Waals surface area contributed by atoms with E-state index in [-0.39, 0.29) is 12.1 Å². The number of hydrogen-bond acceptors (Lipinski definition) is 3. The summed E-state index contributed by atoms with van der Waals surface area (Å²) in [6.07, 6.45) is 1.60. The lowest BCUT2D eigenvalue weighted by molar-refractivity contribution is -0.146. The van der Waals surface area contributed by atoms with Gasteiger partial charge in [0, 0.05) is 18.5 Å². The summed E-state index contributed by atoms with van der Waals surface area (Å²) >= 11 is 0. The topological polar surface area (TPSA) is 44.1 Å². The van der Waals surface area contributed by atoms with Gasteiger partial charge in [0.05, 0.1) is 11.0 Å². The smallest absolute Gasteiger partial charge is 0.318 e. The quantitative estimate of drug-likeness (QED) is 0.643. The number of nitrogens with zero attached hydrogens (tertiary/aromatic N) is 2. The Morgan fingerprint density at radius 3 is 2.83 bits per heavy atom. The second-order valence-electron chi connectivity index (χ2n) is 6.78. The van der Waals surface area contributed by atoms with Crippen LogP contribution < -0.4 is 0 Å². The third-order valence-corrected chi connectivity index (χ3v) is 5.46. The summed E-state index contributed by atoms with van der Waals surface area (Å²) in [7, 11) is 0. The minimum atomic E-state index is -0.590. The maximum atomic E-state index is 12.9. The van der Waals surface area contributed by atoms with E-state index in [2.05, 4.69) is 29.7 Å². The molecule has 3 aromatic rings. The molecule has 1 fully saturated rings. The molecule has 0 saturated carbocycles. The van der Waals surface area contributed by atoms with E-state index in [9.17, 15) is 4.79 Å². The Hall–Kier alpha value is -2.62. The maximum Gasteiger partial charge on any atom is 0.318 e. The fourth-order valence-electron chi connectivity index (χ4n) is 4.25. The highest BCUT2D eigenvalue weighted by Gasteiger charge is 2.53. The van der Waals surface area contributed by atoms with E-state index in [1.165, 1.54) is 0 Å². The van der Waals surface area contributed by atoms with Crippen molar-refractivity contribution in [3.8, 4) is 11.4 Å². The van der Waals surface area contributed by atoms with E-state index < -0.39 is 5.41 Å². The van der Waals surface area contributed by atoms with Gasteiger partial charge < -0.3 is 9.30 Å². The minimum absolute atomic E-state index is 0.00175. The van der Waals surface area contributed by atoms with Gasteiger partial charge in [-0.2, -0.15) is 0 Å². The molecule has 5 rings (SSSR count). The maximum absolute atomic E-state index is 12.9. The van der Waals surface area contributed by atoms with Crippen LogP contribution in [0.5, 0.6) is 0 Å². The Kier molecular flexibility index (Phi) is 2.70. The molecule has 0 aliphatic carbocycles. The predicted octanol–water partition coefficient (Wildman–Crippen LogP) is 3.68. The van der Waals surface area contributed by atoms with E-state index in [0.717, 1.165) is 40.8 Å². The summed E-state index contributed by atoms with van der Waals surface area (Å²) in [5.41, 5.74) is 3.57. The highest BCUT2D eigenvalue weighted by atomic mass is 16.6. The number of imidazole rings is 1. The molecule has 2 unspecified atom stereocenters. The number of ether oxygens (including phenoxy) is 1. The van der Waals surface area contributed by atoms with Crippen LogP contribution in [0.4, 0.5) is 0 Å². The van der Waals surface area contributed by atoms with E-state index in [4.69, 9.17) is 9.72 Å². The number of carbonyl (C=O) groups excluding carboxylic acids is 1. The van der Waals surface area contributed by atoms with Gasteiger partial charge in [-0.15, -0.1) is 0 Å². The van der Waals surface area contributed by atoms with Gasteiger partial charge in [0.15, 0.2) is 0 Å². The molecule has 1 spiro atoms. The molecule has 1 aromatic heterocycles. The normalized spacial score (nSPS) is 24.9. The molecule has 0 amide bonds. The first kappa shape index (κ1) is 13.8. The molecule has 0 radical (unpaired) electrons. The van der Waals surface area contributed by atoms with E-state index >= 15 is 0 Å². The minimum Gasteiger partial charge on any atom is -0.462 e. The van der Waals surface area contributed by atoms with E-state index in [0.29, 0.717) is 6.54 Å². The van der Waals surface area contributed by atoms with Gasteiger partial charge in [-0.3, -0.25) is 4.79 Å². The zero-order valence-electron chi connectivity index (χ0n) is 13.5. The van der Waals surface area contributed by atoms with Gasteiger partial charge >= 0.3 is 5.97 Å². The van der Waals surface area contributed by atoms with Gasteiger partial charge in [-0.05, 0) is 24.1 Å². The van der Waals surface area contributed by atoms with Crippen LogP contribution in [0.25, 0.3) is 22.4 Å². The van der Waals surface area contributed by atoms with Gasteiger partial charge in [-0.25, -0.2) is 4.98 Å². The molecule has 0 bridgehead atoms. The Labute approximate surface area is 140 Å². The van der Waals surface area contributed by atoms with Crippen LogP contribution in [-0.4, -0.2) is 21.6 Å². The van der Waals surface area contributed by atoms with E-state index in [1.54, 1.807) is 0 Å². The Morgan fingerprint density at radius 1 is 1.21 bits per heavy atom. The number of rotatable bonds is 1. The molecule has 0 N–H and O–H groups in total. The summed E-state index contributed by atoms with van der Waals surface area (Å²) in [6.45, 7) is 2.68. The van der Waals surface area contributed by atoms with Crippen molar-refractivity contribution in [1.29, 1.82) is 0 Å². The van der Waals surface area contributed by atoms with Crippen molar-refractivity contribution in [1.82, 2.24) is 9.55 Å². The second-order valence-corrected chi connectivity index (χ2v) is 6.78. The van der Waals surface area contributed by atoms with Gasteiger partial charge in [0.1, 0.15) is 17.3 Å². The first-order chi connectivity index (χ1) is 11.7. The largest absolute Gasteiger partial charge is 0.462 e. The molecule has 4 heteroatoms. The van der Waals surface area contributed by atoms with Gasteiger partial charge in [0.2, 0.25) is 0 Å². The summed E-state index contributed by atoms with van der Waals surface area (Å²) in [4.78, 5) is 17.7. The van der Waals surface area contributed by atoms with Crippen molar-refractivity contribution in [2.45, 2.75) is 37.8 Å². The molecule has 3 heterocycles. The number of esters is 1. The van der Waals surface area contributed by atoms with Crippen LogP contribution in [0.1, 0.15) is 25.3 Å². The first-order valence-electron chi connectivity index (χ1n) is 8.49. The summed E-state index contributed by atoms with van der Waals surface area (Å²) < 4.78 is 7.88. The summed E-state index contributed by atoms with van der Waals surface area (Å²) in [6, 6.07) is 16.3. The second kappa shape index (κ2) is 4.69. The molecule has 1 saturated heterocycles. The van der Waals surface area contributed by atoms with Crippen LogP contribution in [0.2, 0.25) is 0 Å². The standard InChI is InChI=1S/C20H18N2O2/c1-2-13-11-20(19(23)24-13)12-22-17-10-6-5-9-16(17)21-18(22)14-7-3-4-8-15(14)20/h3-10,13H,2,11-12H2,1H3. The summed E-state index contributed by atoms with van der Waals surface area (Å²) in [5, 5.41) is 0. The predicted molar refractivity (Wildman–Crippen MR) is 91.6 cm³/mol. The lowest BCUT2D eigenvalue weighted by Crippen LogP contribution is -2.39. The molecule has 2 aliphatic heterocycles. The van der Waals surface area contributed by atoms with Crippen molar-refractivity contribution in [2.75, 3.05) is 0 Å². The highest BCUT2D eigenvalue weighted by Crippen LogP contribution is 2.48. The number of fused-ring (bicyclic) bond motifs is 6. The van der Waals surface area contributed by atoms with Crippen molar-refractivity contribution in [3.63, 3.8) is 0 Å². The van der Waals surface area contributed by atoms with Crippen LogP contribution >= 0.6 is 0 Å². The average molecular weight is 318 g/mol. The number of cyclic esters (lactones) is 1. The van der Waals surface area contributed by atoms with Crippen molar-refractivity contribution in [3.05, 3.63) is 54.1 Å². The molecule has 2 atom stereocenters. The number of para-hydroxylation sites is 2. The molecule has 120 valence electrons. The molecular formula is C20H18N2O2. The third kappa shape index (κ3) is 1.63. The Morgan fingerprint density at radius 2 is 2.00 bits per heavy atom. The number of benzene rings is 2. The average Bonchev–Trinajstić information content (AvgIpc) is 3.14. The molecule has 4 nitrogen and oxygen atoms in total. The molecular weight excluding hydrogens is 300 g/mol. The first-order valence-corrected chi connectivity index (χ1v) is 8.49. The molecule has 2 aromatic carbocycles. The van der Waals surface area contributed by atoms with Crippen LogP contribution in [-0.2, 0) is 21.5 Å². The van der Waals surface area contributed by atoms with Crippen LogP contribution in [0.15, 0.2) is 48.5 Å². The van der Waals surface area contributed by atoms with E-state index in [1.807, 2.05) is 30.3 Å². The Balaban J connectivity index is 1.81. The number of hydrogen-bond donors (Lipinski definition) is 0. The fourth-order valence-corrected chi connectivity index (χ4v) is 4.25. The zero-order chi connectivity index (χ0) is 16.3. The SMILES string of the molecule is CCC1CC2(Cn3c(nc4ccccc43)-c3ccccc32)C(=O)O1. The third-order valence-electron chi connectivity index (χ3n) is 5.46. The van der Waals surface area contributed by atoms with Crippen molar-refractivity contribution in [2.24, 2.45) is 0 Å². The zero-order valence-corrected chi connectivity index (χ0v) is 13.5. The lowest BCUT2D eigenvalue weighted by Gasteiger charge is -2.33. The van der Waals surface area contributed by atoms with Crippen LogP contribution in [0, 0.1) is 0 Å².